The first kappa shape index (κ1) is 13.1. The molecule has 0 saturated heterocycles. The van der Waals surface area contributed by atoms with Crippen LogP contribution in [0.3, 0.4) is 0 Å². The molecule has 0 radical (unpaired) electrons. The van der Waals surface area contributed by atoms with Gasteiger partial charge in [0.05, 0.1) is 11.9 Å². The van der Waals surface area contributed by atoms with E-state index < -0.39 is 0 Å². The van der Waals surface area contributed by atoms with Crippen LogP contribution in [0.15, 0.2) is 35.1 Å². The fraction of sp³-hybridized carbons (Fsp3) is 0.308. The van der Waals surface area contributed by atoms with Crippen LogP contribution >= 0.6 is 15.9 Å². The van der Waals surface area contributed by atoms with Gasteiger partial charge in [-0.15, -0.1) is 0 Å². The van der Waals surface area contributed by atoms with E-state index in [1.54, 1.807) is 12.3 Å². The number of rotatable bonds is 4. The average molecular weight is 312 g/mol. The van der Waals surface area contributed by atoms with Crippen LogP contribution in [-0.4, -0.2) is 9.78 Å². The van der Waals surface area contributed by atoms with Gasteiger partial charge >= 0.3 is 0 Å². The molecular weight excluding hydrogens is 297 g/mol. The van der Waals surface area contributed by atoms with E-state index in [1.807, 2.05) is 10.9 Å². The molecule has 2 aromatic rings. The highest BCUT2D eigenvalue weighted by Crippen LogP contribution is 2.19. The van der Waals surface area contributed by atoms with Crippen LogP contribution < -0.4 is 5.32 Å². The van der Waals surface area contributed by atoms with E-state index in [2.05, 4.69) is 40.2 Å². The largest absolute Gasteiger partial charge is 0.378 e. The highest BCUT2D eigenvalue weighted by molar-refractivity contribution is 9.10. The Balaban J connectivity index is 2.04. The van der Waals surface area contributed by atoms with E-state index in [0.717, 1.165) is 15.7 Å². The van der Waals surface area contributed by atoms with Gasteiger partial charge in [0.1, 0.15) is 5.82 Å². The van der Waals surface area contributed by atoms with Crippen LogP contribution in [0.5, 0.6) is 0 Å². The second kappa shape index (κ2) is 5.52. The second-order valence-electron chi connectivity index (χ2n) is 4.39. The summed E-state index contributed by atoms with van der Waals surface area (Å²) < 4.78 is 15.9. The molecule has 0 spiro atoms. The van der Waals surface area contributed by atoms with E-state index in [-0.39, 0.29) is 5.82 Å². The van der Waals surface area contributed by atoms with Crippen LogP contribution in [0.2, 0.25) is 0 Å². The van der Waals surface area contributed by atoms with Gasteiger partial charge in [0.2, 0.25) is 0 Å². The molecular formula is C13H15BrFN3. The predicted molar refractivity (Wildman–Crippen MR) is 74.0 cm³/mol. The van der Waals surface area contributed by atoms with Crippen molar-refractivity contribution < 1.29 is 4.39 Å². The average Bonchev–Trinajstić information content (AvgIpc) is 2.79. The Labute approximate surface area is 114 Å². The van der Waals surface area contributed by atoms with Crippen molar-refractivity contribution in [3.8, 4) is 0 Å². The Morgan fingerprint density at radius 2 is 2.22 bits per heavy atom. The molecule has 5 heteroatoms. The molecule has 18 heavy (non-hydrogen) atoms. The number of benzene rings is 1. The van der Waals surface area contributed by atoms with Gasteiger partial charge in [0.25, 0.3) is 0 Å². The first-order valence-corrected chi connectivity index (χ1v) is 6.57. The second-order valence-corrected chi connectivity index (χ2v) is 5.25. The zero-order valence-electron chi connectivity index (χ0n) is 10.3. The molecule has 0 atom stereocenters. The summed E-state index contributed by atoms with van der Waals surface area (Å²) in [6.07, 6.45) is 3.71. The quantitative estimate of drug-likeness (QED) is 0.925. The summed E-state index contributed by atoms with van der Waals surface area (Å²) in [5.74, 6) is -0.229. The van der Waals surface area contributed by atoms with Crippen molar-refractivity contribution in [3.05, 3.63) is 46.4 Å². The Kier molecular flexibility index (Phi) is 4.01. The third-order valence-corrected chi connectivity index (χ3v) is 3.39. The summed E-state index contributed by atoms with van der Waals surface area (Å²) in [5, 5.41) is 7.46. The number of nitrogens with zero attached hydrogens (tertiary/aromatic N) is 2. The molecule has 0 aliphatic heterocycles. The maximum atomic E-state index is 13.1. The number of halogens is 2. The number of aromatic nitrogens is 2. The Hall–Kier alpha value is -1.36. The summed E-state index contributed by atoms with van der Waals surface area (Å²) in [5.41, 5.74) is 1.81. The molecule has 1 aromatic carbocycles. The highest BCUT2D eigenvalue weighted by Gasteiger charge is 2.04. The first-order valence-electron chi connectivity index (χ1n) is 5.78. The van der Waals surface area contributed by atoms with Crippen molar-refractivity contribution in [1.82, 2.24) is 9.78 Å². The molecule has 0 fully saturated rings. The minimum absolute atomic E-state index is 0.229. The fourth-order valence-corrected chi connectivity index (χ4v) is 1.97. The third kappa shape index (κ3) is 3.10. The number of anilines is 1. The minimum Gasteiger partial charge on any atom is -0.378 e. The lowest BCUT2D eigenvalue weighted by molar-refractivity contribution is 0.532. The van der Waals surface area contributed by atoms with Gasteiger partial charge in [-0.05, 0) is 37.6 Å². The zero-order valence-corrected chi connectivity index (χ0v) is 11.9. The molecule has 0 amide bonds. The van der Waals surface area contributed by atoms with Crippen LogP contribution in [0.1, 0.15) is 25.5 Å². The molecule has 2 rings (SSSR count). The minimum atomic E-state index is -0.229. The molecule has 0 unspecified atom stereocenters. The Bertz CT molecular complexity index is 537. The summed E-state index contributed by atoms with van der Waals surface area (Å²) in [6.45, 7) is 4.70. The number of nitrogens with one attached hydrogen (secondary N) is 1. The first-order chi connectivity index (χ1) is 8.56. The molecule has 96 valence electrons. The highest BCUT2D eigenvalue weighted by atomic mass is 79.9. The molecule has 1 aromatic heterocycles. The van der Waals surface area contributed by atoms with E-state index in [4.69, 9.17) is 0 Å². The van der Waals surface area contributed by atoms with Crippen LogP contribution in [0, 0.1) is 5.82 Å². The molecule has 1 heterocycles. The summed E-state index contributed by atoms with van der Waals surface area (Å²) in [4.78, 5) is 0. The predicted octanol–water partition coefficient (Wildman–Crippen LogP) is 3.98. The van der Waals surface area contributed by atoms with Gasteiger partial charge in [-0.2, -0.15) is 5.10 Å². The van der Waals surface area contributed by atoms with Crippen molar-refractivity contribution in [1.29, 1.82) is 0 Å². The van der Waals surface area contributed by atoms with Gasteiger partial charge in [0.15, 0.2) is 0 Å². The summed E-state index contributed by atoms with van der Waals surface area (Å²) in [6, 6.07) is 5.00. The van der Waals surface area contributed by atoms with Crippen molar-refractivity contribution in [3.63, 3.8) is 0 Å². The molecule has 0 aliphatic carbocycles. The monoisotopic (exact) mass is 311 g/mol. The van der Waals surface area contributed by atoms with Crippen molar-refractivity contribution in [2.24, 2.45) is 0 Å². The normalized spacial score (nSPS) is 10.9. The molecule has 1 N–H and O–H groups in total. The fourth-order valence-electron chi connectivity index (χ4n) is 1.59. The lowest BCUT2D eigenvalue weighted by Gasteiger charge is -2.07. The number of hydrogen-bond acceptors (Lipinski definition) is 2. The van der Waals surface area contributed by atoms with Crippen molar-refractivity contribution >= 4 is 21.6 Å². The third-order valence-electron chi connectivity index (χ3n) is 2.62. The maximum absolute atomic E-state index is 13.1. The summed E-state index contributed by atoms with van der Waals surface area (Å²) in [7, 11) is 0. The zero-order chi connectivity index (χ0) is 13.1. The standard InChI is InChI=1S/C13H15BrFN3/c1-9(2)18-8-12(7-17-18)16-6-10-5-11(15)3-4-13(10)14/h3-5,7-9,16H,6H2,1-2H3. The van der Waals surface area contributed by atoms with Crippen molar-refractivity contribution in [2.45, 2.75) is 26.4 Å². The van der Waals surface area contributed by atoms with E-state index in [9.17, 15) is 4.39 Å². The van der Waals surface area contributed by atoms with Crippen LogP contribution in [0.4, 0.5) is 10.1 Å². The van der Waals surface area contributed by atoms with Crippen LogP contribution in [0.25, 0.3) is 0 Å². The SMILES string of the molecule is CC(C)n1cc(NCc2cc(F)ccc2Br)cn1. The molecule has 0 aliphatic rings. The molecule has 0 bridgehead atoms. The van der Waals surface area contributed by atoms with Gasteiger partial charge in [-0.25, -0.2) is 4.39 Å². The van der Waals surface area contributed by atoms with E-state index >= 15 is 0 Å². The molecule has 0 saturated carbocycles. The van der Waals surface area contributed by atoms with Gasteiger partial charge < -0.3 is 5.32 Å². The van der Waals surface area contributed by atoms with Gasteiger partial charge in [-0.3, -0.25) is 4.68 Å². The number of hydrogen-bond donors (Lipinski definition) is 1. The summed E-state index contributed by atoms with van der Waals surface area (Å²) >= 11 is 3.40. The van der Waals surface area contributed by atoms with E-state index in [0.29, 0.717) is 12.6 Å². The van der Waals surface area contributed by atoms with Crippen molar-refractivity contribution in [2.75, 3.05) is 5.32 Å². The Morgan fingerprint density at radius 3 is 2.89 bits per heavy atom. The topological polar surface area (TPSA) is 29.9 Å². The Morgan fingerprint density at radius 1 is 1.44 bits per heavy atom. The smallest absolute Gasteiger partial charge is 0.123 e. The van der Waals surface area contributed by atoms with Crippen LogP contribution in [-0.2, 0) is 6.54 Å². The lowest BCUT2D eigenvalue weighted by atomic mass is 10.2. The van der Waals surface area contributed by atoms with Gasteiger partial charge in [0, 0.05) is 23.3 Å². The lowest BCUT2D eigenvalue weighted by Crippen LogP contribution is -2.01. The molecule has 3 nitrogen and oxygen atoms in total. The van der Waals surface area contributed by atoms with Gasteiger partial charge in [-0.1, -0.05) is 15.9 Å². The van der Waals surface area contributed by atoms with E-state index in [1.165, 1.54) is 12.1 Å². The maximum Gasteiger partial charge on any atom is 0.123 e.